The molecule has 0 radical (unpaired) electrons. The normalized spacial score (nSPS) is 23.2. The molecular formula is C18H22N2O3S. The van der Waals surface area contributed by atoms with Crippen molar-refractivity contribution in [2.24, 2.45) is 0 Å². The van der Waals surface area contributed by atoms with E-state index in [4.69, 9.17) is 0 Å². The van der Waals surface area contributed by atoms with Crippen LogP contribution in [0.5, 0.6) is 0 Å². The van der Waals surface area contributed by atoms with Gasteiger partial charge in [-0.15, -0.1) is 0 Å². The summed E-state index contributed by atoms with van der Waals surface area (Å²) in [4.78, 5) is 14.1. The van der Waals surface area contributed by atoms with Crippen LogP contribution in [0.25, 0.3) is 10.8 Å². The maximum atomic E-state index is 12.5. The first kappa shape index (κ1) is 16.8. The summed E-state index contributed by atoms with van der Waals surface area (Å²) in [6, 6.07) is 13.5. The van der Waals surface area contributed by atoms with Crippen LogP contribution >= 0.6 is 0 Å². The summed E-state index contributed by atoms with van der Waals surface area (Å²) in [5.41, 5.74) is 1.05. The molecule has 0 spiro atoms. The Morgan fingerprint density at radius 2 is 1.88 bits per heavy atom. The maximum Gasteiger partial charge on any atom is 0.317 e. The number of nitrogens with zero attached hydrogens (tertiary/aromatic N) is 1. The van der Waals surface area contributed by atoms with E-state index in [1.807, 2.05) is 42.5 Å². The fourth-order valence-electron chi connectivity index (χ4n) is 3.17. The van der Waals surface area contributed by atoms with Crippen LogP contribution in [0.3, 0.4) is 0 Å². The highest BCUT2D eigenvalue weighted by Gasteiger charge is 2.37. The van der Waals surface area contributed by atoms with Crippen LogP contribution in [0.1, 0.15) is 19.4 Å². The van der Waals surface area contributed by atoms with Crippen LogP contribution < -0.4 is 5.32 Å². The zero-order valence-corrected chi connectivity index (χ0v) is 14.7. The van der Waals surface area contributed by atoms with Crippen LogP contribution in [-0.4, -0.2) is 42.9 Å². The average molecular weight is 346 g/mol. The van der Waals surface area contributed by atoms with Gasteiger partial charge < -0.3 is 10.2 Å². The SMILES string of the molecule is C[C@@H]1[C@H](C)N(C(=O)NCc2cccc3ccccc23)CCS1(=O)=O. The molecule has 0 saturated carbocycles. The van der Waals surface area contributed by atoms with Gasteiger partial charge in [0, 0.05) is 19.1 Å². The van der Waals surface area contributed by atoms with E-state index < -0.39 is 15.1 Å². The first-order valence-electron chi connectivity index (χ1n) is 8.13. The van der Waals surface area contributed by atoms with Gasteiger partial charge in [0.1, 0.15) is 0 Å². The van der Waals surface area contributed by atoms with E-state index >= 15 is 0 Å². The zero-order valence-electron chi connectivity index (χ0n) is 13.9. The van der Waals surface area contributed by atoms with Gasteiger partial charge in [0.2, 0.25) is 0 Å². The van der Waals surface area contributed by atoms with Gasteiger partial charge in [-0.2, -0.15) is 0 Å². The van der Waals surface area contributed by atoms with Gasteiger partial charge in [-0.05, 0) is 30.2 Å². The fourth-order valence-corrected chi connectivity index (χ4v) is 4.74. The predicted octanol–water partition coefficient (Wildman–Crippen LogP) is 2.56. The number of hydrogen-bond donors (Lipinski definition) is 1. The third-order valence-electron chi connectivity index (χ3n) is 4.92. The summed E-state index contributed by atoms with van der Waals surface area (Å²) in [7, 11) is -3.09. The quantitative estimate of drug-likeness (QED) is 0.909. The van der Waals surface area contributed by atoms with E-state index in [-0.39, 0.29) is 24.4 Å². The van der Waals surface area contributed by atoms with Crippen molar-refractivity contribution in [2.75, 3.05) is 12.3 Å². The number of urea groups is 1. The average Bonchev–Trinajstić information content (AvgIpc) is 2.58. The molecule has 128 valence electrons. The topological polar surface area (TPSA) is 66.5 Å². The van der Waals surface area contributed by atoms with Crippen molar-refractivity contribution in [2.45, 2.75) is 31.7 Å². The highest BCUT2D eigenvalue weighted by atomic mass is 32.2. The number of sulfone groups is 1. The van der Waals surface area contributed by atoms with Crippen molar-refractivity contribution in [1.29, 1.82) is 0 Å². The molecule has 1 N–H and O–H groups in total. The van der Waals surface area contributed by atoms with Crippen molar-refractivity contribution in [3.8, 4) is 0 Å². The van der Waals surface area contributed by atoms with Gasteiger partial charge in [-0.25, -0.2) is 13.2 Å². The first-order valence-corrected chi connectivity index (χ1v) is 9.84. The molecule has 3 rings (SSSR count). The van der Waals surface area contributed by atoms with E-state index in [0.717, 1.165) is 16.3 Å². The predicted molar refractivity (Wildman–Crippen MR) is 95.6 cm³/mol. The molecule has 1 fully saturated rings. The Labute approximate surface area is 142 Å². The molecule has 0 bridgehead atoms. The number of carbonyl (C=O) groups is 1. The summed E-state index contributed by atoms with van der Waals surface area (Å²) < 4.78 is 23.9. The van der Waals surface area contributed by atoms with Crippen molar-refractivity contribution in [1.82, 2.24) is 10.2 Å². The zero-order chi connectivity index (χ0) is 17.3. The monoisotopic (exact) mass is 346 g/mol. The van der Waals surface area contributed by atoms with Crippen LogP contribution in [-0.2, 0) is 16.4 Å². The van der Waals surface area contributed by atoms with E-state index in [1.54, 1.807) is 18.7 Å². The summed E-state index contributed by atoms with van der Waals surface area (Å²) in [6.45, 7) is 4.13. The van der Waals surface area contributed by atoms with Crippen LogP contribution in [0, 0.1) is 0 Å². The molecule has 1 saturated heterocycles. The number of rotatable bonds is 2. The number of nitrogens with one attached hydrogen (secondary N) is 1. The number of hydrogen-bond acceptors (Lipinski definition) is 3. The molecule has 5 nitrogen and oxygen atoms in total. The summed E-state index contributed by atoms with van der Waals surface area (Å²) >= 11 is 0. The Kier molecular flexibility index (Phi) is 4.49. The van der Waals surface area contributed by atoms with Gasteiger partial charge in [0.05, 0.1) is 11.0 Å². The molecule has 2 atom stereocenters. The second-order valence-corrected chi connectivity index (χ2v) is 8.78. The van der Waals surface area contributed by atoms with E-state index in [0.29, 0.717) is 6.54 Å². The minimum Gasteiger partial charge on any atom is -0.334 e. The number of benzene rings is 2. The van der Waals surface area contributed by atoms with E-state index in [1.165, 1.54) is 0 Å². The third-order valence-corrected chi connectivity index (χ3v) is 7.20. The molecule has 0 aliphatic carbocycles. The van der Waals surface area contributed by atoms with Gasteiger partial charge >= 0.3 is 6.03 Å². The number of carbonyl (C=O) groups excluding carboxylic acids is 1. The lowest BCUT2D eigenvalue weighted by molar-refractivity contribution is 0.177. The number of amides is 2. The molecule has 6 heteroatoms. The standard InChI is InChI=1S/C18H22N2O3S/c1-13-14(2)24(22,23)11-10-20(13)18(21)19-12-16-8-5-7-15-6-3-4-9-17(15)16/h3-9,13-14H,10-12H2,1-2H3,(H,19,21)/t13-,14+/m0/s1. The minimum atomic E-state index is -3.09. The molecule has 2 amide bonds. The molecular weight excluding hydrogens is 324 g/mol. The van der Waals surface area contributed by atoms with Gasteiger partial charge in [0.15, 0.2) is 9.84 Å². The van der Waals surface area contributed by atoms with Gasteiger partial charge in [-0.1, -0.05) is 42.5 Å². The lowest BCUT2D eigenvalue weighted by Gasteiger charge is -2.37. The molecule has 1 heterocycles. The molecule has 1 aliphatic rings. The second-order valence-electron chi connectivity index (χ2n) is 6.30. The number of fused-ring (bicyclic) bond motifs is 1. The Hall–Kier alpha value is -2.08. The molecule has 2 aromatic carbocycles. The molecule has 2 aromatic rings. The fraction of sp³-hybridized carbons (Fsp3) is 0.389. The Morgan fingerprint density at radius 1 is 1.17 bits per heavy atom. The van der Waals surface area contributed by atoms with Crippen molar-refractivity contribution in [3.05, 3.63) is 48.0 Å². The molecule has 1 aliphatic heterocycles. The Balaban J connectivity index is 1.71. The Morgan fingerprint density at radius 3 is 2.67 bits per heavy atom. The molecule has 24 heavy (non-hydrogen) atoms. The maximum absolute atomic E-state index is 12.5. The highest BCUT2D eigenvalue weighted by molar-refractivity contribution is 7.92. The lowest BCUT2D eigenvalue weighted by atomic mass is 10.0. The largest absolute Gasteiger partial charge is 0.334 e. The smallest absolute Gasteiger partial charge is 0.317 e. The molecule has 0 unspecified atom stereocenters. The first-order chi connectivity index (χ1) is 11.4. The Bertz CT molecular complexity index is 858. The van der Waals surface area contributed by atoms with Crippen LogP contribution in [0.2, 0.25) is 0 Å². The summed E-state index contributed by atoms with van der Waals surface area (Å²) in [5.74, 6) is 0.0280. The van der Waals surface area contributed by atoms with Crippen LogP contribution in [0.15, 0.2) is 42.5 Å². The van der Waals surface area contributed by atoms with E-state index in [2.05, 4.69) is 5.32 Å². The van der Waals surface area contributed by atoms with Crippen molar-refractivity contribution < 1.29 is 13.2 Å². The summed E-state index contributed by atoms with van der Waals surface area (Å²) in [6.07, 6.45) is 0. The highest BCUT2D eigenvalue weighted by Crippen LogP contribution is 2.21. The van der Waals surface area contributed by atoms with Crippen LogP contribution in [0.4, 0.5) is 4.79 Å². The van der Waals surface area contributed by atoms with Gasteiger partial charge in [0.25, 0.3) is 0 Å². The minimum absolute atomic E-state index is 0.0280. The van der Waals surface area contributed by atoms with Crippen molar-refractivity contribution in [3.63, 3.8) is 0 Å². The lowest BCUT2D eigenvalue weighted by Crippen LogP contribution is -2.56. The van der Waals surface area contributed by atoms with Crippen molar-refractivity contribution >= 4 is 26.6 Å². The second kappa shape index (κ2) is 6.43. The van der Waals surface area contributed by atoms with Gasteiger partial charge in [-0.3, -0.25) is 0 Å². The third kappa shape index (κ3) is 3.11. The molecule has 0 aromatic heterocycles. The summed E-state index contributed by atoms with van der Waals surface area (Å²) in [5, 5.41) is 4.65. The van der Waals surface area contributed by atoms with E-state index in [9.17, 15) is 13.2 Å².